The summed E-state index contributed by atoms with van der Waals surface area (Å²) in [6, 6.07) is 9.93. The number of rotatable bonds is 1. The van der Waals surface area contributed by atoms with Gasteiger partial charge in [-0.1, -0.05) is 41.9 Å². The molecule has 0 spiro atoms. The molecule has 72 valence electrons. The van der Waals surface area contributed by atoms with Crippen molar-refractivity contribution in [3.63, 3.8) is 0 Å². The summed E-state index contributed by atoms with van der Waals surface area (Å²) < 4.78 is 0. The van der Waals surface area contributed by atoms with Crippen molar-refractivity contribution >= 4 is 17.7 Å². The quantitative estimate of drug-likeness (QED) is 0.669. The van der Waals surface area contributed by atoms with Crippen molar-refractivity contribution in [2.24, 2.45) is 0 Å². The van der Waals surface area contributed by atoms with E-state index in [-0.39, 0.29) is 0 Å². The van der Waals surface area contributed by atoms with E-state index in [1.807, 2.05) is 62.5 Å². The molecular formula is C11H16ClN. The Hall–Kier alpha value is -0.790. The summed E-state index contributed by atoms with van der Waals surface area (Å²) >= 11 is 5.36. The van der Waals surface area contributed by atoms with E-state index in [0.29, 0.717) is 0 Å². The third kappa shape index (κ3) is 9.12. The van der Waals surface area contributed by atoms with Gasteiger partial charge in [0.25, 0.3) is 0 Å². The molecule has 1 rings (SSSR count). The summed E-state index contributed by atoms with van der Waals surface area (Å²) in [5, 5.41) is 0. The average Bonchev–Trinajstić information content (AvgIpc) is 2.06. The number of benzene rings is 1. The normalized spacial score (nSPS) is 9.92. The molecule has 0 aliphatic carbocycles. The molecule has 0 heterocycles. The number of halogens is 1. The van der Waals surface area contributed by atoms with E-state index >= 15 is 0 Å². The predicted molar refractivity (Wildman–Crippen MR) is 60.9 cm³/mol. The fraction of sp³-hybridized carbons (Fsp3) is 0.273. The van der Waals surface area contributed by atoms with Crippen LogP contribution in [0.4, 0.5) is 0 Å². The lowest BCUT2D eigenvalue weighted by molar-refractivity contribution is 0.505. The molecule has 1 nitrogen and oxygen atoms in total. The number of hydrogen-bond donors (Lipinski definition) is 0. The smallest absolute Gasteiger partial charge is 0.00484 e. The number of hydrogen-bond acceptors (Lipinski definition) is 1. The van der Waals surface area contributed by atoms with Gasteiger partial charge >= 0.3 is 0 Å². The van der Waals surface area contributed by atoms with E-state index in [9.17, 15) is 0 Å². The zero-order valence-corrected chi connectivity index (χ0v) is 9.12. The van der Waals surface area contributed by atoms with Gasteiger partial charge in [-0.2, -0.15) is 0 Å². The first-order valence-corrected chi connectivity index (χ1v) is 4.53. The van der Waals surface area contributed by atoms with E-state index in [0.717, 1.165) is 5.56 Å². The molecule has 2 heteroatoms. The van der Waals surface area contributed by atoms with Gasteiger partial charge in [-0.25, -0.2) is 0 Å². The highest BCUT2D eigenvalue weighted by Crippen LogP contribution is 2.00. The topological polar surface area (TPSA) is 3.24 Å². The molecule has 0 bridgehead atoms. The number of nitrogens with zero attached hydrogens (tertiary/aromatic N) is 1. The third-order valence-corrected chi connectivity index (χ3v) is 1.18. The zero-order chi connectivity index (χ0) is 10.1. The van der Waals surface area contributed by atoms with Crippen LogP contribution in [0.5, 0.6) is 0 Å². The van der Waals surface area contributed by atoms with E-state index in [1.165, 1.54) is 5.54 Å². The summed E-state index contributed by atoms with van der Waals surface area (Å²) in [5.41, 5.74) is 2.64. The summed E-state index contributed by atoms with van der Waals surface area (Å²) in [6.45, 7) is 0. The van der Waals surface area contributed by atoms with Crippen LogP contribution in [0.3, 0.4) is 0 Å². The van der Waals surface area contributed by atoms with Crippen LogP contribution in [0.25, 0.3) is 6.08 Å². The molecule has 1 aromatic rings. The van der Waals surface area contributed by atoms with E-state index in [4.69, 9.17) is 11.6 Å². The Morgan fingerprint density at radius 1 is 1.08 bits per heavy atom. The van der Waals surface area contributed by atoms with Crippen molar-refractivity contribution in [2.45, 2.75) is 0 Å². The Kier molecular flexibility index (Phi) is 7.36. The second-order valence-electron chi connectivity index (χ2n) is 3.04. The zero-order valence-electron chi connectivity index (χ0n) is 8.37. The van der Waals surface area contributed by atoms with Crippen LogP contribution in [0, 0.1) is 0 Å². The molecule has 0 aromatic heterocycles. The van der Waals surface area contributed by atoms with Gasteiger partial charge in [-0.15, -0.1) is 0 Å². The maximum atomic E-state index is 5.36. The molecule has 0 unspecified atom stereocenters. The molecule has 0 atom stereocenters. The van der Waals surface area contributed by atoms with Crippen molar-refractivity contribution in [3.8, 4) is 0 Å². The lowest BCUT2D eigenvalue weighted by Crippen LogP contribution is -1.99. The SMILES string of the molecule is CN(C)C.ClC=Cc1ccccc1. The average molecular weight is 198 g/mol. The van der Waals surface area contributed by atoms with Crippen molar-refractivity contribution in [3.05, 3.63) is 41.4 Å². The van der Waals surface area contributed by atoms with Crippen LogP contribution >= 0.6 is 11.6 Å². The van der Waals surface area contributed by atoms with Crippen LogP contribution in [-0.2, 0) is 0 Å². The predicted octanol–water partition coefficient (Wildman–Crippen LogP) is 3.07. The summed E-state index contributed by atoms with van der Waals surface area (Å²) in [5.74, 6) is 0. The molecule has 0 amide bonds. The largest absolute Gasteiger partial charge is 0.312 e. The molecule has 0 N–H and O–H groups in total. The first kappa shape index (κ1) is 12.2. The molecule has 0 saturated heterocycles. The van der Waals surface area contributed by atoms with Crippen LogP contribution in [-0.4, -0.2) is 26.0 Å². The first-order valence-electron chi connectivity index (χ1n) is 4.09. The first-order chi connectivity index (χ1) is 6.16. The van der Waals surface area contributed by atoms with Crippen LogP contribution in [0.1, 0.15) is 5.56 Å². The van der Waals surface area contributed by atoms with E-state index in [1.54, 1.807) is 0 Å². The minimum atomic E-state index is 1.13. The second-order valence-corrected chi connectivity index (χ2v) is 3.30. The maximum absolute atomic E-state index is 5.36. The Morgan fingerprint density at radius 2 is 1.54 bits per heavy atom. The molecule has 0 fully saturated rings. The Bertz CT molecular complexity index is 226. The monoisotopic (exact) mass is 197 g/mol. The molecular weight excluding hydrogens is 182 g/mol. The lowest BCUT2D eigenvalue weighted by atomic mass is 10.2. The van der Waals surface area contributed by atoms with Gasteiger partial charge in [0.05, 0.1) is 0 Å². The van der Waals surface area contributed by atoms with Gasteiger partial charge in [0, 0.05) is 5.54 Å². The molecule has 0 saturated carbocycles. The van der Waals surface area contributed by atoms with Crippen LogP contribution in [0.2, 0.25) is 0 Å². The molecule has 13 heavy (non-hydrogen) atoms. The minimum absolute atomic E-state index is 1.13. The van der Waals surface area contributed by atoms with Gasteiger partial charge < -0.3 is 4.90 Å². The fourth-order valence-corrected chi connectivity index (χ4v) is 0.782. The van der Waals surface area contributed by atoms with Gasteiger partial charge in [0.15, 0.2) is 0 Å². The van der Waals surface area contributed by atoms with Crippen LogP contribution < -0.4 is 0 Å². The standard InChI is InChI=1S/C8H7Cl.C3H9N/c9-7-6-8-4-2-1-3-5-8;1-4(2)3/h1-7H;1-3H3. The minimum Gasteiger partial charge on any atom is -0.312 e. The summed E-state index contributed by atoms with van der Waals surface area (Å²) in [7, 11) is 6.00. The maximum Gasteiger partial charge on any atom is 0.00484 e. The highest BCUT2D eigenvalue weighted by molar-refractivity contribution is 6.27. The van der Waals surface area contributed by atoms with Crippen LogP contribution in [0.15, 0.2) is 35.9 Å². The van der Waals surface area contributed by atoms with Crippen molar-refractivity contribution in [1.82, 2.24) is 4.90 Å². The van der Waals surface area contributed by atoms with Crippen molar-refractivity contribution in [2.75, 3.05) is 21.1 Å². The van der Waals surface area contributed by atoms with Gasteiger partial charge in [-0.05, 0) is 32.8 Å². The van der Waals surface area contributed by atoms with E-state index in [2.05, 4.69) is 0 Å². The summed E-state index contributed by atoms with van der Waals surface area (Å²) in [6.07, 6.45) is 1.85. The third-order valence-electron chi connectivity index (χ3n) is 1.06. The van der Waals surface area contributed by atoms with Gasteiger partial charge in [-0.3, -0.25) is 0 Å². The Balaban J connectivity index is 0.000000310. The van der Waals surface area contributed by atoms with Gasteiger partial charge in [0.1, 0.15) is 0 Å². The Morgan fingerprint density at radius 3 is 1.92 bits per heavy atom. The highest BCUT2D eigenvalue weighted by atomic mass is 35.5. The van der Waals surface area contributed by atoms with Gasteiger partial charge in [0.2, 0.25) is 0 Å². The fourth-order valence-electron chi connectivity index (χ4n) is 0.637. The van der Waals surface area contributed by atoms with Crippen molar-refractivity contribution < 1.29 is 0 Å². The summed E-state index contributed by atoms with van der Waals surface area (Å²) in [4.78, 5) is 2.00. The second kappa shape index (κ2) is 7.84. The molecule has 0 radical (unpaired) electrons. The van der Waals surface area contributed by atoms with Crippen molar-refractivity contribution in [1.29, 1.82) is 0 Å². The molecule has 0 aliphatic heterocycles. The Labute approximate surface area is 85.6 Å². The lowest BCUT2D eigenvalue weighted by Gasteiger charge is -1.90. The highest BCUT2D eigenvalue weighted by Gasteiger charge is 1.78. The van der Waals surface area contributed by atoms with E-state index < -0.39 is 0 Å². The molecule has 1 aromatic carbocycles. The molecule has 0 aliphatic rings.